The monoisotopic (exact) mass is 289 g/mol. The van der Waals surface area contributed by atoms with E-state index in [2.05, 4.69) is 5.32 Å². The minimum Gasteiger partial charge on any atom is -0.330 e. The Balaban J connectivity index is 1.90. The fourth-order valence-electron chi connectivity index (χ4n) is 3.66. The fraction of sp³-hybridized carbons (Fsp3) is 0.625. The topological polar surface area (TPSA) is 54.3 Å². The summed E-state index contributed by atoms with van der Waals surface area (Å²) in [5.74, 6) is 0.0103. The first-order valence-electron chi connectivity index (χ1n) is 7.82. The summed E-state index contributed by atoms with van der Waals surface area (Å²) >= 11 is 0. The van der Waals surface area contributed by atoms with E-state index in [1.54, 1.807) is 19.3 Å². The number of piperazine rings is 1. The van der Waals surface area contributed by atoms with Crippen molar-refractivity contribution in [3.05, 3.63) is 34.2 Å². The van der Waals surface area contributed by atoms with Crippen molar-refractivity contribution in [1.29, 1.82) is 0 Å². The average molecular weight is 289 g/mol. The van der Waals surface area contributed by atoms with Crippen LogP contribution in [0, 0.1) is 0 Å². The van der Waals surface area contributed by atoms with Gasteiger partial charge in [-0.1, -0.05) is 19.3 Å². The molecule has 1 saturated heterocycles. The van der Waals surface area contributed by atoms with Crippen LogP contribution < -0.4 is 10.9 Å². The molecule has 0 unspecified atom stereocenters. The van der Waals surface area contributed by atoms with Crippen molar-refractivity contribution in [1.82, 2.24) is 14.8 Å². The maximum absolute atomic E-state index is 12.9. The third-order valence-electron chi connectivity index (χ3n) is 4.92. The molecule has 0 radical (unpaired) electrons. The molecule has 5 nitrogen and oxygen atoms in total. The Morgan fingerprint density at radius 2 is 2.05 bits per heavy atom. The molecule has 5 heteroatoms. The highest BCUT2D eigenvalue weighted by Gasteiger charge is 2.42. The molecule has 1 spiro atoms. The smallest absolute Gasteiger partial charge is 0.254 e. The highest BCUT2D eigenvalue weighted by atomic mass is 16.2. The van der Waals surface area contributed by atoms with Crippen LogP contribution in [0.4, 0.5) is 0 Å². The number of carbonyl (C=O) groups is 1. The molecule has 1 aliphatic heterocycles. The van der Waals surface area contributed by atoms with Gasteiger partial charge >= 0.3 is 0 Å². The Morgan fingerprint density at radius 3 is 2.76 bits per heavy atom. The third kappa shape index (κ3) is 2.62. The number of nitrogens with zero attached hydrogens (tertiary/aromatic N) is 2. The van der Waals surface area contributed by atoms with Crippen molar-refractivity contribution < 1.29 is 4.79 Å². The van der Waals surface area contributed by atoms with E-state index < -0.39 is 0 Å². The number of hydrogen-bond donors (Lipinski definition) is 1. The SMILES string of the molecule is Cn1ccc(C(=O)N2CCNCC23CCCCC3)cc1=O. The molecule has 1 amide bonds. The van der Waals surface area contributed by atoms with E-state index in [0.717, 1.165) is 32.5 Å². The standard InChI is InChI=1S/C16H23N3O2/c1-18-9-5-13(11-14(18)20)15(21)19-10-8-17-12-16(19)6-3-2-4-7-16/h5,9,11,17H,2-4,6-8,10,12H2,1H3. The largest absolute Gasteiger partial charge is 0.330 e. The van der Waals surface area contributed by atoms with Crippen LogP contribution in [0.15, 0.2) is 23.1 Å². The van der Waals surface area contributed by atoms with Gasteiger partial charge in [-0.3, -0.25) is 9.59 Å². The zero-order valence-electron chi connectivity index (χ0n) is 12.6. The van der Waals surface area contributed by atoms with Crippen LogP contribution in [-0.4, -0.2) is 40.5 Å². The van der Waals surface area contributed by atoms with Crippen molar-refractivity contribution in [2.75, 3.05) is 19.6 Å². The zero-order chi connectivity index (χ0) is 14.9. The van der Waals surface area contributed by atoms with E-state index in [9.17, 15) is 9.59 Å². The number of amides is 1. The molecule has 0 aromatic carbocycles. The molecule has 3 rings (SSSR count). The van der Waals surface area contributed by atoms with Gasteiger partial charge in [0.1, 0.15) is 0 Å². The molecule has 1 aliphatic carbocycles. The second-order valence-electron chi connectivity index (χ2n) is 6.28. The number of aryl methyl sites for hydroxylation is 1. The summed E-state index contributed by atoms with van der Waals surface area (Å²) in [5, 5.41) is 3.44. The van der Waals surface area contributed by atoms with Crippen molar-refractivity contribution in [3.63, 3.8) is 0 Å². The van der Waals surface area contributed by atoms with E-state index in [1.165, 1.54) is 29.9 Å². The van der Waals surface area contributed by atoms with E-state index in [0.29, 0.717) is 5.56 Å². The third-order valence-corrected chi connectivity index (χ3v) is 4.92. The van der Waals surface area contributed by atoms with E-state index >= 15 is 0 Å². The van der Waals surface area contributed by atoms with Crippen molar-refractivity contribution in [2.24, 2.45) is 7.05 Å². The summed E-state index contributed by atoms with van der Waals surface area (Å²) in [6, 6.07) is 3.21. The Hall–Kier alpha value is -1.62. The summed E-state index contributed by atoms with van der Waals surface area (Å²) in [6.07, 6.45) is 7.43. The summed E-state index contributed by atoms with van der Waals surface area (Å²) < 4.78 is 1.49. The lowest BCUT2D eigenvalue weighted by molar-refractivity contribution is 0.0222. The quantitative estimate of drug-likeness (QED) is 0.843. The van der Waals surface area contributed by atoms with Crippen molar-refractivity contribution in [2.45, 2.75) is 37.6 Å². The Morgan fingerprint density at radius 1 is 1.29 bits per heavy atom. The summed E-state index contributed by atoms with van der Waals surface area (Å²) in [4.78, 5) is 26.7. The van der Waals surface area contributed by atoms with Gasteiger partial charge in [-0.05, 0) is 18.9 Å². The highest BCUT2D eigenvalue weighted by Crippen LogP contribution is 2.35. The molecule has 21 heavy (non-hydrogen) atoms. The minimum absolute atomic E-state index is 0.0103. The molecular formula is C16H23N3O2. The van der Waals surface area contributed by atoms with Gasteiger partial charge in [-0.15, -0.1) is 0 Å². The summed E-state index contributed by atoms with van der Waals surface area (Å²) in [6.45, 7) is 2.44. The second kappa shape index (κ2) is 5.64. The molecule has 1 saturated carbocycles. The molecule has 1 aromatic rings. The summed E-state index contributed by atoms with van der Waals surface area (Å²) in [7, 11) is 1.70. The number of carbonyl (C=O) groups excluding carboxylic acids is 1. The molecule has 2 heterocycles. The van der Waals surface area contributed by atoms with Crippen LogP contribution >= 0.6 is 0 Å². The first-order valence-corrected chi connectivity index (χ1v) is 7.82. The molecule has 2 aliphatic rings. The van der Waals surface area contributed by atoms with Crippen LogP contribution in [0.1, 0.15) is 42.5 Å². The molecular weight excluding hydrogens is 266 g/mol. The predicted molar refractivity (Wildman–Crippen MR) is 81.4 cm³/mol. The Kier molecular flexibility index (Phi) is 3.85. The highest BCUT2D eigenvalue weighted by molar-refractivity contribution is 5.94. The average Bonchev–Trinajstić information content (AvgIpc) is 2.51. The molecule has 1 aromatic heterocycles. The fourth-order valence-corrected chi connectivity index (χ4v) is 3.66. The maximum Gasteiger partial charge on any atom is 0.254 e. The van der Waals surface area contributed by atoms with Gasteiger partial charge in [0.25, 0.3) is 11.5 Å². The number of hydrogen-bond acceptors (Lipinski definition) is 3. The van der Waals surface area contributed by atoms with E-state index in [-0.39, 0.29) is 17.0 Å². The Labute approximate surface area is 124 Å². The first-order chi connectivity index (χ1) is 10.1. The van der Waals surface area contributed by atoms with Crippen LogP contribution in [0.5, 0.6) is 0 Å². The van der Waals surface area contributed by atoms with Gasteiger partial charge in [0, 0.05) is 44.5 Å². The van der Waals surface area contributed by atoms with Crippen LogP contribution in [0.2, 0.25) is 0 Å². The van der Waals surface area contributed by atoms with E-state index in [4.69, 9.17) is 0 Å². The molecule has 1 N–H and O–H groups in total. The molecule has 0 bridgehead atoms. The summed E-state index contributed by atoms with van der Waals surface area (Å²) in [5.41, 5.74) is 0.341. The van der Waals surface area contributed by atoms with Gasteiger partial charge in [0.2, 0.25) is 0 Å². The van der Waals surface area contributed by atoms with Gasteiger partial charge in [-0.2, -0.15) is 0 Å². The maximum atomic E-state index is 12.9. The zero-order valence-corrected chi connectivity index (χ0v) is 12.6. The minimum atomic E-state index is -0.131. The lowest BCUT2D eigenvalue weighted by Gasteiger charge is -2.49. The number of nitrogens with one attached hydrogen (secondary N) is 1. The lowest BCUT2D eigenvalue weighted by atomic mass is 9.78. The van der Waals surface area contributed by atoms with Crippen LogP contribution in [-0.2, 0) is 7.05 Å². The lowest BCUT2D eigenvalue weighted by Crippen LogP contribution is -2.63. The number of aromatic nitrogens is 1. The van der Waals surface area contributed by atoms with Crippen molar-refractivity contribution >= 4 is 5.91 Å². The van der Waals surface area contributed by atoms with Gasteiger partial charge in [0.05, 0.1) is 5.54 Å². The van der Waals surface area contributed by atoms with Gasteiger partial charge in [-0.25, -0.2) is 0 Å². The first kappa shape index (κ1) is 14.3. The van der Waals surface area contributed by atoms with Gasteiger partial charge < -0.3 is 14.8 Å². The second-order valence-corrected chi connectivity index (χ2v) is 6.28. The number of pyridine rings is 1. The predicted octanol–water partition coefficient (Wildman–Crippen LogP) is 1.13. The molecule has 0 atom stereocenters. The van der Waals surface area contributed by atoms with E-state index in [1.807, 2.05) is 4.90 Å². The number of rotatable bonds is 1. The van der Waals surface area contributed by atoms with Gasteiger partial charge in [0.15, 0.2) is 0 Å². The van der Waals surface area contributed by atoms with Crippen molar-refractivity contribution in [3.8, 4) is 0 Å². The molecule has 114 valence electrons. The Bertz CT molecular complexity index is 579. The normalized spacial score (nSPS) is 21.5. The molecule has 2 fully saturated rings. The van der Waals surface area contributed by atoms with Crippen LogP contribution in [0.25, 0.3) is 0 Å². The van der Waals surface area contributed by atoms with Crippen LogP contribution in [0.3, 0.4) is 0 Å².